The molecular formula is C22H28FIN4O2. The second-order valence-electron chi connectivity index (χ2n) is 7.70. The van der Waals surface area contributed by atoms with Crippen molar-refractivity contribution in [3.05, 3.63) is 54.1 Å². The first kappa shape index (κ1) is 22.7. The normalized spacial score (nSPS) is 21.0. The fraction of sp³-hybridized carbons (Fsp3) is 0.455. The predicted molar refractivity (Wildman–Crippen MR) is 125 cm³/mol. The summed E-state index contributed by atoms with van der Waals surface area (Å²) in [6, 6.07) is 8.46. The maximum absolute atomic E-state index is 14.5. The number of benzene rings is 1. The molecule has 2 saturated heterocycles. The van der Waals surface area contributed by atoms with Crippen molar-refractivity contribution in [2.45, 2.75) is 26.3 Å². The minimum Gasteiger partial charge on any atom is -0.453 e. The van der Waals surface area contributed by atoms with Crippen LogP contribution in [0.2, 0.25) is 0 Å². The molecule has 2 aromatic rings. The maximum Gasteiger partial charge on any atom is 0.194 e. The van der Waals surface area contributed by atoms with Crippen LogP contribution < -0.4 is 10.1 Å². The van der Waals surface area contributed by atoms with E-state index >= 15 is 0 Å². The zero-order chi connectivity index (χ0) is 20.1. The van der Waals surface area contributed by atoms with E-state index in [0.29, 0.717) is 12.3 Å². The minimum atomic E-state index is -0.408. The molecule has 6 nitrogen and oxygen atoms in total. The third-order valence-corrected chi connectivity index (χ3v) is 5.53. The van der Waals surface area contributed by atoms with Gasteiger partial charge >= 0.3 is 0 Å². The summed E-state index contributed by atoms with van der Waals surface area (Å²) in [4.78, 5) is 11.0. The van der Waals surface area contributed by atoms with Gasteiger partial charge in [-0.3, -0.25) is 4.98 Å². The average Bonchev–Trinajstić information content (AvgIpc) is 3.38. The van der Waals surface area contributed by atoms with Crippen molar-refractivity contribution in [2.24, 2.45) is 10.4 Å². The van der Waals surface area contributed by atoms with Gasteiger partial charge in [0.25, 0.3) is 0 Å². The van der Waals surface area contributed by atoms with Crippen LogP contribution in [0.25, 0.3) is 0 Å². The molecule has 0 radical (unpaired) electrons. The summed E-state index contributed by atoms with van der Waals surface area (Å²) in [6.07, 6.45) is 5.45. The first-order valence-corrected chi connectivity index (χ1v) is 10.1. The van der Waals surface area contributed by atoms with Crippen LogP contribution >= 0.6 is 24.0 Å². The number of ether oxygens (including phenoxy) is 2. The Hall–Kier alpha value is -1.94. The summed E-state index contributed by atoms with van der Waals surface area (Å²) in [6.45, 7) is 6.90. The van der Waals surface area contributed by atoms with Gasteiger partial charge in [0.15, 0.2) is 17.5 Å². The molecule has 1 spiro atoms. The second-order valence-corrected chi connectivity index (χ2v) is 7.70. The van der Waals surface area contributed by atoms with E-state index < -0.39 is 5.82 Å². The molecule has 0 amide bonds. The highest BCUT2D eigenvalue weighted by molar-refractivity contribution is 14.0. The van der Waals surface area contributed by atoms with Crippen LogP contribution in [0.15, 0.2) is 47.7 Å². The SMILES string of the molecule is CCNC(=NCc1ccc(Oc2cccnc2)c(F)c1)N1CCC2(CCOC2)C1.I. The van der Waals surface area contributed by atoms with Gasteiger partial charge in [0, 0.05) is 37.9 Å². The van der Waals surface area contributed by atoms with Crippen molar-refractivity contribution in [1.82, 2.24) is 15.2 Å². The Balaban J connectivity index is 0.00000256. The molecule has 4 rings (SSSR count). The summed E-state index contributed by atoms with van der Waals surface area (Å²) in [5.41, 5.74) is 1.07. The van der Waals surface area contributed by atoms with Crippen LogP contribution in [0.1, 0.15) is 25.3 Å². The van der Waals surface area contributed by atoms with Gasteiger partial charge in [-0.15, -0.1) is 24.0 Å². The Morgan fingerprint density at radius 1 is 1.37 bits per heavy atom. The van der Waals surface area contributed by atoms with E-state index in [1.54, 1.807) is 30.6 Å². The number of nitrogens with one attached hydrogen (secondary N) is 1. The van der Waals surface area contributed by atoms with E-state index in [1.165, 1.54) is 6.07 Å². The Morgan fingerprint density at radius 2 is 2.27 bits per heavy atom. The number of rotatable bonds is 5. The van der Waals surface area contributed by atoms with Crippen molar-refractivity contribution >= 4 is 29.9 Å². The molecule has 162 valence electrons. The zero-order valence-electron chi connectivity index (χ0n) is 17.1. The molecule has 1 aromatic heterocycles. The molecule has 8 heteroatoms. The number of aromatic nitrogens is 1. The van der Waals surface area contributed by atoms with Crippen LogP contribution in [0.4, 0.5) is 4.39 Å². The van der Waals surface area contributed by atoms with Crippen molar-refractivity contribution < 1.29 is 13.9 Å². The Bertz CT molecular complexity index is 859. The van der Waals surface area contributed by atoms with Gasteiger partial charge in [0.05, 0.1) is 19.3 Å². The Labute approximate surface area is 193 Å². The lowest BCUT2D eigenvalue weighted by Gasteiger charge is -2.25. The number of pyridine rings is 1. The molecule has 0 aliphatic carbocycles. The largest absolute Gasteiger partial charge is 0.453 e. The standard InChI is InChI=1S/C22H27FN4O2.HI/c1-2-25-21(27-10-7-22(15-27)8-11-28-16-22)26-13-17-5-6-20(19(23)12-17)29-18-4-3-9-24-14-18;/h3-6,9,12,14H,2,7-8,10-11,13,15-16H2,1H3,(H,25,26);1H. The second kappa shape index (κ2) is 10.4. The molecule has 0 bridgehead atoms. The van der Waals surface area contributed by atoms with Gasteiger partial charge in [-0.05, 0) is 49.6 Å². The van der Waals surface area contributed by atoms with Crippen LogP contribution in [0, 0.1) is 11.2 Å². The van der Waals surface area contributed by atoms with Gasteiger partial charge in [0.2, 0.25) is 0 Å². The fourth-order valence-corrected chi connectivity index (χ4v) is 3.94. The number of hydrogen-bond acceptors (Lipinski definition) is 4. The van der Waals surface area contributed by atoms with E-state index in [2.05, 4.69) is 22.1 Å². The van der Waals surface area contributed by atoms with Crippen molar-refractivity contribution in [3.63, 3.8) is 0 Å². The number of nitrogens with zero attached hydrogens (tertiary/aromatic N) is 3. The van der Waals surface area contributed by atoms with Crippen LogP contribution in [0.3, 0.4) is 0 Å². The molecule has 3 heterocycles. The van der Waals surface area contributed by atoms with Crippen molar-refractivity contribution in [3.8, 4) is 11.5 Å². The molecule has 2 aliphatic rings. The summed E-state index contributed by atoms with van der Waals surface area (Å²) in [7, 11) is 0. The van der Waals surface area contributed by atoms with E-state index in [4.69, 9.17) is 14.5 Å². The number of likely N-dealkylation sites (tertiary alicyclic amines) is 1. The Kier molecular flexibility index (Phi) is 7.87. The summed E-state index contributed by atoms with van der Waals surface area (Å²) in [5, 5.41) is 3.37. The molecule has 30 heavy (non-hydrogen) atoms. The molecule has 1 unspecified atom stereocenters. The number of hydrogen-bond donors (Lipinski definition) is 1. The van der Waals surface area contributed by atoms with Crippen molar-refractivity contribution in [1.29, 1.82) is 0 Å². The van der Waals surface area contributed by atoms with Crippen LogP contribution in [-0.4, -0.2) is 48.7 Å². The molecule has 1 atom stereocenters. The molecule has 1 N–H and O–H groups in total. The topological polar surface area (TPSA) is 59.0 Å². The highest BCUT2D eigenvalue weighted by atomic mass is 127. The third kappa shape index (κ3) is 5.40. The lowest BCUT2D eigenvalue weighted by atomic mass is 9.87. The highest BCUT2D eigenvalue weighted by Crippen LogP contribution is 2.38. The number of halogens is 2. The summed E-state index contributed by atoms with van der Waals surface area (Å²) >= 11 is 0. The van der Waals surface area contributed by atoms with Gasteiger partial charge in [-0.1, -0.05) is 6.07 Å². The van der Waals surface area contributed by atoms with Gasteiger partial charge < -0.3 is 19.7 Å². The van der Waals surface area contributed by atoms with Crippen LogP contribution in [-0.2, 0) is 11.3 Å². The van der Waals surface area contributed by atoms with Gasteiger partial charge in [-0.2, -0.15) is 0 Å². The Morgan fingerprint density at radius 3 is 2.97 bits per heavy atom. The molecule has 2 aliphatic heterocycles. The van der Waals surface area contributed by atoms with E-state index in [9.17, 15) is 4.39 Å². The molecule has 0 saturated carbocycles. The van der Waals surface area contributed by atoms with E-state index in [1.807, 2.05) is 6.07 Å². The monoisotopic (exact) mass is 526 g/mol. The van der Waals surface area contributed by atoms with Gasteiger partial charge in [0.1, 0.15) is 5.75 Å². The molecular weight excluding hydrogens is 498 g/mol. The summed E-state index contributed by atoms with van der Waals surface area (Å²) in [5.74, 6) is 1.16. The number of guanidine groups is 1. The minimum absolute atomic E-state index is 0. The highest BCUT2D eigenvalue weighted by Gasteiger charge is 2.42. The molecule has 1 aromatic carbocycles. The zero-order valence-corrected chi connectivity index (χ0v) is 19.5. The first-order chi connectivity index (χ1) is 14.2. The summed E-state index contributed by atoms with van der Waals surface area (Å²) < 4.78 is 25.7. The maximum atomic E-state index is 14.5. The van der Waals surface area contributed by atoms with E-state index in [-0.39, 0.29) is 35.1 Å². The van der Waals surface area contributed by atoms with Crippen LogP contribution in [0.5, 0.6) is 11.5 Å². The van der Waals surface area contributed by atoms with Crippen molar-refractivity contribution in [2.75, 3.05) is 32.8 Å². The van der Waals surface area contributed by atoms with Gasteiger partial charge in [-0.25, -0.2) is 9.38 Å². The fourth-order valence-electron chi connectivity index (χ4n) is 3.94. The van der Waals surface area contributed by atoms with E-state index in [0.717, 1.165) is 57.2 Å². The number of aliphatic imine (C=N–C) groups is 1. The first-order valence-electron chi connectivity index (χ1n) is 10.1. The molecule has 2 fully saturated rings. The third-order valence-electron chi connectivity index (χ3n) is 5.53. The smallest absolute Gasteiger partial charge is 0.194 e. The quantitative estimate of drug-likeness (QED) is 0.360. The lowest BCUT2D eigenvalue weighted by molar-refractivity contribution is 0.156. The lowest BCUT2D eigenvalue weighted by Crippen LogP contribution is -2.41. The average molecular weight is 526 g/mol. The predicted octanol–water partition coefficient (Wildman–Crippen LogP) is 4.21.